The van der Waals surface area contributed by atoms with Crippen LogP contribution in [0.4, 0.5) is 13.2 Å². The minimum absolute atomic E-state index is 0.0812. The highest BCUT2D eigenvalue weighted by Crippen LogP contribution is 2.40. The predicted molar refractivity (Wildman–Crippen MR) is 114 cm³/mol. The van der Waals surface area contributed by atoms with Crippen molar-refractivity contribution >= 4 is 17.9 Å². The van der Waals surface area contributed by atoms with Gasteiger partial charge in [-0.3, -0.25) is 9.69 Å². The van der Waals surface area contributed by atoms with Crippen molar-refractivity contribution in [2.24, 2.45) is 0 Å². The van der Waals surface area contributed by atoms with Crippen LogP contribution < -0.4 is 16.3 Å². The van der Waals surface area contributed by atoms with Crippen LogP contribution in [0.15, 0.2) is 26.4 Å². The van der Waals surface area contributed by atoms with Crippen LogP contribution in [0, 0.1) is 0 Å². The summed E-state index contributed by atoms with van der Waals surface area (Å²) >= 11 is 0. The molecule has 170 valence electrons. The highest BCUT2D eigenvalue weighted by atomic mass is 19.4. The minimum Gasteiger partial charge on any atom is -0.423 e. The number of halogens is 3. The summed E-state index contributed by atoms with van der Waals surface area (Å²) in [5, 5.41) is -0.121. The number of ketones is 1. The van der Waals surface area contributed by atoms with Gasteiger partial charge >= 0.3 is 11.8 Å². The first-order chi connectivity index (χ1) is 14.4. The Kier molecular flexibility index (Phi) is 6.38. The monoisotopic (exact) mass is 437 g/mol. The Hall–Kier alpha value is -2.15. The topological polar surface area (TPSA) is 50.5 Å². The van der Waals surface area contributed by atoms with Gasteiger partial charge in [0.25, 0.3) is 0 Å². The molecule has 0 bridgehead atoms. The quantitative estimate of drug-likeness (QED) is 0.677. The Labute approximate surface area is 180 Å². The normalized spacial score (nSPS) is 21.6. The number of alkyl halides is 3. The third-order valence-corrected chi connectivity index (χ3v) is 6.34. The van der Waals surface area contributed by atoms with Crippen molar-refractivity contribution in [1.82, 2.24) is 4.90 Å². The van der Waals surface area contributed by atoms with E-state index in [0.29, 0.717) is 25.3 Å². The second-order valence-electron chi connectivity index (χ2n) is 9.12. The number of Topliss-reactive ketones (excluding diaryl/α,β-unsaturated/α-hetero) is 1. The molecule has 2 unspecified atom stereocenters. The van der Waals surface area contributed by atoms with Gasteiger partial charge in [0.1, 0.15) is 11.2 Å². The molecule has 1 aromatic heterocycles. The average Bonchev–Trinajstić information content (AvgIpc) is 2.66. The van der Waals surface area contributed by atoms with Gasteiger partial charge in [0.15, 0.2) is 0 Å². The number of carbonyl (C=O) groups excluding carboxylic acids is 1. The van der Waals surface area contributed by atoms with Crippen LogP contribution in [0.2, 0.25) is 0 Å². The number of unbranched alkanes of at least 4 members (excludes halogenated alkanes) is 1. The smallest absolute Gasteiger partial charge is 0.417 e. The first-order valence-electron chi connectivity index (χ1n) is 10.9. The van der Waals surface area contributed by atoms with Crippen molar-refractivity contribution in [1.29, 1.82) is 0 Å². The van der Waals surface area contributed by atoms with Crippen LogP contribution in [0.25, 0.3) is 12.2 Å². The molecule has 0 N–H and O–H groups in total. The lowest BCUT2D eigenvalue weighted by Crippen LogP contribution is -2.61. The molecule has 2 heterocycles. The molecule has 1 aromatic rings. The van der Waals surface area contributed by atoms with Crippen molar-refractivity contribution in [3.05, 3.63) is 43.8 Å². The van der Waals surface area contributed by atoms with Gasteiger partial charge in [-0.25, -0.2) is 4.79 Å². The van der Waals surface area contributed by atoms with E-state index in [4.69, 9.17) is 4.42 Å². The van der Waals surface area contributed by atoms with E-state index in [1.807, 2.05) is 13.8 Å². The van der Waals surface area contributed by atoms with Gasteiger partial charge in [0, 0.05) is 23.2 Å². The molecular weight excluding hydrogens is 407 g/mol. The molecular formula is C24H30F3NO3. The van der Waals surface area contributed by atoms with Gasteiger partial charge in [0.2, 0.25) is 0 Å². The molecule has 3 rings (SSSR count). The SMILES string of the molecule is CCCCC(C(=O)CC)N1C2C=c3oc(=O)cc(C(F)(F)F)c3=CC2=C(C)CC1(C)C. The summed E-state index contributed by atoms with van der Waals surface area (Å²) in [5.41, 5.74) is -0.763. The van der Waals surface area contributed by atoms with E-state index >= 15 is 0 Å². The van der Waals surface area contributed by atoms with E-state index in [1.165, 1.54) is 6.08 Å². The van der Waals surface area contributed by atoms with Crippen LogP contribution in [0.1, 0.15) is 72.3 Å². The van der Waals surface area contributed by atoms with Crippen molar-refractivity contribution < 1.29 is 22.4 Å². The Morgan fingerprint density at radius 1 is 1.32 bits per heavy atom. The van der Waals surface area contributed by atoms with Crippen molar-refractivity contribution in [3.63, 3.8) is 0 Å². The number of hydrogen-bond donors (Lipinski definition) is 0. The number of carbonyl (C=O) groups is 1. The van der Waals surface area contributed by atoms with E-state index in [0.717, 1.165) is 24.0 Å². The molecule has 0 radical (unpaired) electrons. The highest BCUT2D eigenvalue weighted by molar-refractivity contribution is 5.84. The maximum absolute atomic E-state index is 13.6. The Balaban J connectivity index is 2.27. The number of rotatable bonds is 6. The van der Waals surface area contributed by atoms with Crippen molar-refractivity contribution in [2.75, 3.05) is 0 Å². The standard InChI is InChI=1S/C24H30F3NO3/c1-6-8-9-18(20(29)7-2)28-19-12-21-16(10-15(19)14(3)13-23(28,4)5)17(24(25,26)27)11-22(30)31-21/h10-12,18-19H,6-9,13H2,1-5H3. The van der Waals surface area contributed by atoms with E-state index < -0.39 is 23.4 Å². The largest absolute Gasteiger partial charge is 0.423 e. The summed E-state index contributed by atoms with van der Waals surface area (Å²) < 4.78 is 46.0. The third-order valence-electron chi connectivity index (χ3n) is 6.34. The lowest BCUT2D eigenvalue weighted by atomic mass is 9.77. The summed E-state index contributed by atoms with van der Waals surface area (Å²) in [6.45, 7) is 9.93. The molecule has 4 nitrogen and oxygen atoms in total. The van der Waals surface area contributed by atoms with Gasteiger partial charge in [-0.1, -0.05) is 32.3 Å². The average molecular weight is 438 g/mol. The van der Waals surface area contributed by atoms with Gasteiger partial charge in [-0.2, -0.15) is 13.2 Å². The fourth-order valence-electron chi connectivity index (χ4n) is 5.03. The summed E-state index contributed by atoms with van der Waals surface area (Å²) in [5.74, 6) is 0.116. The van der Waals surface area contributed by atoms with Gasteiger partial charge in [0.05, 0.1) is 17.6 Å². The molecule has 7 heteroatoms. The van der Waals surface area contributed by atoms with E-state index in [1.54, 1.807) is 6.08 Å². The molecule has 0 aromatic carbocycles. The third kappa shape index (κ3) is 4.43. The minimum atomic E-state index is -4.67. The Bertz CT molecular complexity index is 1080. The summed E-state index contributed by atoms with van der Waals surface area (Å²) in [7, 11) is 0. The Morgan fingerprint density at radius 3 is 2.58 bits per heavy atom. The second kappa shape index (κ2) is 8.41. The summed E-state index contributed by atoms with van der Waals surface area (Å²) in [6.07, 6.45) is 1.95. The van der Waals surface area contributed by atoms with Gasteiger partial charge in [-0.05, 0) is 51.3 Å². The second-order valence-corrected chi connectivity index (χ2v) is 9.12. The molecule has 2 atom stereocenters. The summed E-state index contributed by atoms with van der Waals surface area (Å²) in [6, 6.07) is -0.272. The van der Waals surface area contributed by atoms with Crippen LogP contribution in [0.3, 0.4) is 0 Å². The maximum atomic E-state index is 13.6. The maximum Gasteiger partial charge on any atom is 0.417 e. The first-order valence-corrected chi connectivity index (χ1v) is 10.9. The van der Waals surface area contributed by atoms with Gasteiger partial charge < -0.3 is 4.42 Å². The molecule has 0 saturated heterocycles. The van der Waals surface area contributed by atoms with E-state index in [9.17, 15) is 22.8 Å². The zero-order chi connectivity index (χ0) is 23.1. The van der Waals surface area contributed by atoms with Crippen LogP contribution in [0.5, 0.6) is 0 Å². The van der Waals surface area contributed by atoms with Crippen LogP contribution in [-0.2, 0) is 11.0 Å². The first kappa shape index (κ1) is 23.5. The molecule has 31 heavy (non-hydrogen) atoms. The fraction of sp³-hybridized carbons (Fsp3) is 0.583. The molecule has 1 aliphatic carbocycles. The van der Waals surface area contributed by atoms with Crippen LogP contribution in [-0.4, -0.2) is 28.3 Å². The van der Waals surface area contributed by atoms with Gasteiger partial charge in [-0.15, -0.1) is 0 Å². The van der Waals surface area contributed by atoms with Crippen LogP contribution >= 0.6 is 0 Å². The lowest BCUT2D eigenvalue weighted by Gasteiger charge is -2.51. The highest BCUT2D eigenvalue weighted by Gasteiger charge is 2.45. The zero-order valence-corrected chi connectivity index (χ0v) is 18.7. The molecule has 0 saturated carbocycles. The molecule has 1 aliphatic heterocycles. The summed E-state index contributed by atoms with van der Waals surface area (Å²) in [4.78, 5) is 27.0. The van der Waals surface area contributed by atoms with E-state index in [2.05, 4.69) is 25.7 Å². The predicted octanol–water partition coefficient (Wildman–Crippen LogP) is 3.94. The van der Waals surface area contributed by atoms with Crippen molar-refractivity contribution in [2.45, 2.75) is 90.5 Å². The zero-order valence-electron chi connectivity index (χ0n) is 18.7. The Morgan fingerprint density at radius 2 is 2.00 bits per heavy atom. The molecule has 0 fully saturated rings. The number of fused-ring (bicyclic) bond motifs is 2. The molecule has 0 spiro atoms. The number of nitrogens with zero attached hydrogens (tertiary/aromatic N) is 1. The molecule has 0 amide bonds. The van der Waals surface area contributed by atoms with Crippen molar-refractivity contribution in [3.8, 4) is 0 Å². The lowest BCUT2D eigenvalue weighted by molar-refractivity contribution is -0.138. The fourth-order valence-corrected chi connectivity index (χ4v) is 5.03. The van der Waals surface area contributed by atoms with E-state index in [-0.39, 0.29) is 28.0 Å². The number of hydrogen-bond acceptors (Lipinski definition) is 4. The molecule has 2 aliphatic rings.